The van der Waals surface area contributed by atoms with Gasteiger partial charge in [0.25, 0.3) is 11.5 Å². The topological polar surface area (TPSA) is 100 Å². The lowest BCUT2D eigenvalue weighted by molar-refractivity contribution is 0.0723. The number of nitrogens with zero attached hydrogens (tertiary/aromatic N) is 4. The molecule has 0 saturated heterocycles. The molecular formula is C24H28FN5O3. The van der Waals surface area contributed by atoms with Crippen LogP contribution in [-0.2, 0) is 13.0 Å². The first-order chi connectivity index (χ1) is 15.9. The van der Waals surface area contributed by atoms with E-state index in [1.54, 1.807) is 0 Å². The van der Waals surface area contributed by atoms with Crippen LogP contribution in [0.15, 0.2) is 23.0 Å². The minimum atomic E-state index is -0.756. The second-order valence-corrected chi connectivity index (χ2v) is 8.76. The summed E-state index contributed by atoms with van der Waals surface area (Å²) in [7, 11) is 1.41. The molecule has 33 heavy (non-hydrogen) atoms. The molecule has 0 bridgehead atoms. The van der Waals surface area contributed by atoms with Crippen molar-refractivity contribution in [1.82, 2.24) is 14.6 Å². The Kier molecular flexibility index (Phi) is 6.63. The van der Waals surface area contributed by atoms with Crippen LogP contribution in [0.4, 0.5) is 10.3 Å². The minimum absolute atomic E-state index is 0.0151. The SMILES string of the molecule is COn1c(N[C@H](C)C2CCCCC2)nc2c(c1=O)CN(C(=O)c1ccc(C#N)cc1F)CC2. The van der Waals surface area contributed by atoms with Crippen molar-refractivity contribution >= 4 is 11.9 Å². The largest absolute Gasteiger partial charge is 0.411 e. The summed E-state index contributed by atoms with van der Waals surface area (Å²) in [6.45, 7) is 2.43. The summed E-state index contributed by atoms with van der Waals surface area (Å²) in [6.07, 6.45) is 6.39. The Morgan fingerprint density at radius 2 is 2.09 bits per heavy atom. The van der Waals surface area contributed by atoms with Gasteiger partial charge in [0.15, 0.2) is 0 Å². The van der Waals surface area contributed by atoms with Crippen LogP contribution in [0.2, 0.25) is 0 Å². The van der Waals surface area contributed by atoms with Gasteiger partial charge in [-0.1, -0.05) is 19.3 Å². The number of halogens is 1. The molecule has 1 saturated carbocycles. The summed E-state index contributed by atoms with van der Waals surface area (Å²) in [6, 6.07) is 5.74. The van der Waals surface area contributed by atoms with E-state index < -0.39 is 11.7 Å². The quantitative estimate of drug-likeness (QED) is 0.747. The Labute approximate surface area is 191 Å². The van der Waals surface area contributed by atoms with Crippen LogP contribution in [0.5, 0.6) is 0 Å². The fourth-order valence-corrected chi connectivity index (χ4v) is 4.78. The molecule has 1 atom stereocenters. The highest BCUT2D eigenvalue weighted by Crippen LogP contribution is 2.28. The number of carbonyl (C=O) groups excluding carboxylic acids is 1. The summed E-state index contributed by atoms with van der Waals surface area (Å²) in [5.41, 5.74) is 0.621. The molecule has 1 N–H and O–H groups in total. The number of fused-ring (bicyclic) bond motifs is 1. The number of hydrogen-bond donors (Lipinski definition) is 1. The molecular weight excluding hydrogens is 425 g/mol. The van der Waals surface area contributed by atoms with Gasteiger partial charge < -0.3 is 15.1 Å². The van der Waals surface area contributed by atoms with Crippen molar-refractivity contribution in [1.29, 1.82) is 5.26 Å². The van der Waals surface area contributed by atoms with Crippen molar-refractivity contribution < 1.29 is 14.0 Å². The van der Waals surface area contributed by atoms with Crippen LogP contribution < -0.4 is 15.7 Å². The zero-order valence-electron chi connectivity index (χ0n) is 18.9. The van der Waals surface area contributed by atoms with Crippen molar-refractivity contribution in [2.75, 3.05) is 19.0 Å². The molecule has 1 fully saturated rings. The number of amides is 1. The third-order valence-corrected chi connectivity index (χ3v) is 6.70. The summed E-state index contributed by atoms with van der Waals surface area (Å²) in [5, 5.41) is 12.3. The summed E-state index contributed by atoms with van der Waals surface area (Å²) in [5.74, 6) is -0.391. The zero-order chi connectivity index (χ0) is 23.5. The zero-order valence-corrected chi connectivity index (χ0v) is 18.9. The van der Waals surface area contributed by atoms with E-state index in [1.807, 2.05) is 6.07 Å². The molecule has 0 spiro atoms. The van der Waals surface area contributed by atoms with Crippen LogP contribution >= 0.6 is 0 Å². The Bertz CT molecular complexity index is 1150. The van der Waals surface area contributed by atoms with E-state index in [1.165, 1.54) is 43.4 Å². The van der Waals surface area contributed by atoms with Crippen molar-refractivity contribution in [3.8, 4) is 6.07 Å². The molecule has 1 aliphatic heterocycles. The van der Waals surface area contributed by atoms with E-state index in [9.17, 15) is 14.0 Å². The second-order valence-electron chi connectivity index (χ2n) is 8.76. The second kappa shape index (κ2) is 9.61. The van der Waals surface area contributed by atoms with Gasteiger partial charge in [0.1, 0.15) is 12.9 Å². The number of rotatable bonds is 5. The highest BCUT2D eigenvalue weighted by atomic mass is 19.1. The van der Waals surface area contributed by atoms with Gasteiger partial charge in [0.05, 0.1) is 35.0 Å². The maximum Gasteiger partial charge on any atom is 0.293 e. The smallest absolute Gasteiger partial charge is 0.293 e. The molecule has 1 aliphatic carbocycles. The molecule has 9 heteroatoms. The molecule has 2 aromatic rings. The first kappa shape index (κ1) is 22.8. The molecule has 0 radical (unpaired) electrons. The summed E-state index contributed by atoms with van der Waals surface area (Å²) < 4.78 is 15.5. The predicted molar refractivity (Wildman–Crippen MR) is 120 cm³/mol. The van der Waals surface area contributed by atoms with Crippen molar-refractivity contribution in [3.63, 3.8) is 0 Å². The van der Waals surface area contributed by atoms with Crippen LogP contribution in [0.1, 0.15) is 66.2 Å². The average Bonchev–Trinajstić information content (AvgIpc) is 2.84. The summed E-state index contributed by atoms with van der Waals surface area (Å²) in [4.78, 5) is 37.5. The first-order valence-electron chi connectivity index (χ1n) is 11.4. The Morgan fingerprint density at radius 1 is 1.33 bits per heavy atom. The van der Waals surface area contributed by atoms with Crippen LogP contribution in [0.3, 0.4) is 0 Å². The molecule has 1 aromatic heterocycles. The number of benzene rings is 1. The Morgan fingerprint density at radius 3 is 2.76 bits per heavy atom. The van der Waals surface area contributed by atoms with Crippen LogP contribution in [0.25, 0.3) is 0 Å². The molecule has 1 amide bonds. The maximum atomic E-state index is 14.4. The predicted octanol–water partition coefficient (Wildman–Crippen LogP) is 2.89. The molecule has 174 valence electrons. The molecule has 2 heterocycles. The third-order valence-electron chi connectivity index (χ3n) is 6.70. The van der Waals surface area contributed by atoms with Crippen molar-refractivity contribution in [2.24, 2.45) is 5.92 Å². The molecule has 8 nitrogen and oxygen atoms in total. The first-order valence-corrected chi connectivity index (χ1v) is 11.4. The van der Waals surface area contributed by atoms with Gasteiger partial charge in [-0.25, -0.2) is 9.37 Å². The van der Waals surface area contributed by atoms with Crippen LogP contribution in [0, 0.1) is 23.1 Å². The Hall–Kier alpha value is -3.41. The fraction of sp³-hybridized carbons (Fsp3) is 0.500. The highest BCUT2D eigenvalue weighted by molar-refractivity contribution is 5.94. The van der Waals surface area contributed by atoms with Gasteiger partial charge in [-0.2, -0.15) is 5.26 Å². The monoisotopic (exact) mass is 453 g/mol. The fourth-order valence-electron chi connectivity index (χ4n) is 4.78. The molecule has 4 rings (SSSR count). The standard InChI is InChI=1S/C24H28FN5O3/c1-15(17-6-4-3-5-7-17)27-24-28-21-10-11-29(14-19(21)23(32)30(24)33-2)22(31)18-9-8-16(13-26)12-20(18)25/h8-9,12,15,17H,3-7,10-11,14H2,1-2H3,(H,27,28)/t15-/m1/s1. The number of anilines is 1. The Balaban J connectivity index is 1.57. The van der Waals surface area contributed by atoms with E-state index in [-0.39, 0.29) is 29.3 Å². The van der Waals surface area contributed by atoms with Crippen molar-refractivity contribution in [2.45, 2.75) is 58.0 Å². The van der Waals surface area contributed by atoms with Gasteiger partial charge >= 0.3 is 0 Å². The average molecular weight is 454 g/mol. The van der Waals surface area contributed by atoms with E-state index in [0.717, 1.165) is 23.6 Å². The third kappa shape index (κ3) is 4.56. The minimum Gasteiger partial charge on any atom is -0.411 e. The molecule has 2 aliphatic rings. The van der Waals surface area contributed by atoms with Gasteiger partial charge in [0.2, 0.25) is 5.95 Å². The van der Waals surface area contributed by atoms with Gasteiger partial charge in [-0.15, -0.1) is 4.73 Å². The molecule has 0 unspecified atom stereocenters. The van der Waals surface area contributed by atoms with Gasteiger partial charge in [0, 0.05) is 19.0 Å². The van der Waals surface area contributed by atoms with E-state index in [4.69, 9.17) is 10.1 Å². The van der Waals surface area contributed by atoms with Gasteiger partial charge in [-0.05, 0) is 43.9 Å². The number of carbonyl (C=O) groups is 1. The lowest BCUT2D eigenvalue weighted by Gasteiger charge is -2.31. The number of nitriles is 1. The molecule has 1 aromatic carbocycles. The summed E-state index contributed by atoms with van der Waals surface area (Å²) >= 11 is 0. The number of hydrogen-bond acceptors (Lipinski definition) is 6. The van der Waals surface area contributed by atoms with E-state index in [2.05, 4.69) is 17.2 Å². The van der Waals surface area contributed by atoms with Gasteiger partial charge in [-0.3, -0.25) is 9.59 Å². The number of nitrogens with one attached hydrogen (secondary N) is 1. The van der Waals surface area contributed by atoms with Crippen molar-refractivity contribution in [3.05, 3.63) is 56.8 Å². The lowest BCUT2D eigenvalue weighted by atomic mass is 9.85. The number of aromatic nitrogens is 2. The van der Waals surface area contributed by atoms with E-state index in [0.29, 0.717) is 36.1 Å². The van der Waals surface area contributed by atoms with Crippen LogP contribution in [-0.4, -0.2) is 40.2 Å². The lowest BCUT2D eigenvalue weighted by Crippen LogP contribution is -2.43. The normalized spacial score (nSPS) is 17.1. The van der Waals surface area contributed by atoms with E-state index >= 15 is 0 Å². The maximum absolute atomic E-state index is 14.4. The highest BCUT2D eigenvalue weighted by Gasteiger charge is 2.29.